The molecule has 1 heterocycles. The molecule has 0 saturated heterocycles. The molecule has 2 rings (SSSR count). The highest BCUT2D eigenvalue weighted by molar-refractivity contribution is 5.96. The largest absolute Gasteiger partial charge is 0.383 e. The summed E-state index contributed by atoms with van der Waals surface area (Å²) < 4.78 is 26.8. The van der Waals surface area contributed by atoms with Crippen LogP contribution < -0.4 is 5.32 Å². The number of rotatable bonds is 5. The van der Waals surface area contributed by atoms with Crippen LogP contribution in [0.15, 0.2) is 18.2 Å². The number of aromatic amines is 1. The fourth-order valence-corrected chi connectivity index (χ4v) is 2.51. The summed E-state index contributed by atoms with van der Waals surface area (Å²) in [6.07, 6.45) is 0. The van der Waals surface area contributed by atoms with Crippen molar-refractivity contribution in [2.45, 2.75) is 39.2 Å². The van der Waals surface area contributed by atoms with E-state index >= 15 is 0 Å². The van der Waals surface area contributed by atoms with Gasteiger partial charge in [-0.3, -0.25) is 9.89 Å². The Labute approximate surface area is 139 Å². The number of aryl methyl sites for hydroxylation is 1. The van der Waals surface area contributed by atoms with Gasteiger partial charge in [0.15, 0.2) is 0 Å². The van der Waals surface area contributed by atoms with Crippen LogP contribution in [0.2, 0.25) is 0 Å². The van der Waals surface area contributed by atoms with Crippen molar-refractivity contribution >= 4 is 5.91 Å². The Kier molecular flexibility index (Phi) is 5.03. The van der Waals surface area contributed by atoms with Crippen molar-refractivity contribution in [3.8, 4) is 0 Å². The molecular formula is C17H21F2N3O2. The number of hydrogen-bond donors (Lipinski definition) is 3. The van der Waals surface area contributed by atoms with E-state index in [0.717, 1.165) is 6.07 Å². The monoisotopic (exact) mass is 337 g/mol. The molecule has 0 aliphatic carbocycles. The van der Waals surface area contributed by atoms with Crippen LogP contribution in [0.25, 0.3) is 0 Å². The third kappa shape index (κ3) is 3.62. The number of nitrogens with zero attached hydrogens (tertiary/aromatic N) is 1. The fraction of sp³-hybridized carbons (Fsp3) is 0.412. The van der Waals surface area contributed by atoms with Crippen molar-refractivity contribution in [3.63, 3.8) is 0 Å². The van der Waals surface area contributed by atoms with Gasteiger partial charge >= 0.3 is 0 Å². The summed E-state index contributed by atoms with van der Waals surface area (Å²) in [5.74, 6) is -1.96. The molecule has 1 atom stereocenters. The van der Waals surface area contributed by atoms with E-state index < -0.39 is 23.1 Å². The zero-order chi connectivity index (χ0) is 18.1. The Hall–Kier alpha value is -2.28. The molecule has 1 aromatic carbocycles. The summed E-state index contributed by atoms with van der Waals surface area (Å²) in [5, 5.41) is 19.9. The minimum absolute atomic E-state index is 0.0470. The number of carbonyl (C=O) groups excluding carboxylic acids is 1. The van der Waals surface area contributed by atoms with E-state index in [1.165, 1.54) is 13.0 Å². The van der Waals surface area contributed by atoms with Gasteiger partial charge in [0.05, 0.1) is 17.8 Å². The molecule has 3 N–H and O–H groups in total. The van der Waals surface area contributed by atoms with E-state index in [-0.39, 0.29) is 18.0 Å². The van der Waals surface area contributed by atoms with Crippen molar-refractivity contribution in [2.75, 3.05) is 6.54 Å². The molecule has 5 nitrogen and oxygen atoms in total. The van der Waals surface area contributed by atoms with Gasteiger partial charge in [0, 0.05) is 17.3 Å². The van der Waals surface area contributed by atoms with Gasteiger partial charge in [-0.2, -0.15) is 5.10 Å². The first-order valence-electron chi connectivity index (χ1n) is 7.64. The SMILES string of the molecule is Cc1[nH]nc(C(C)C)c1C(=O)NCC(C)(O)c1ccc(F)cc1F. The average Bonchev–Trinajstić information content (AvgIpc) is 2.86. The first-order chi connectivity index (χ1) is 11.1. The van der Waals surface area contributed by atoms with Gasteiger partial charge < -0.3 is 10.4 Å². The van der Waals surface area contributed by atoms with E-state index in [2.05, 4.69) is 15.5 Å². The number of hydrogen-bond acceptors (Lipinski definition) is 3. The molecule has 2 aromatic rings. The zero-order valence-corrected chi connectivity index (χ0v) is 14.1. The molecule has 0 bridgehead atoms. The number of nitrogens with one attached hydrogen (secondary N) is 2. The van der Waals surface area contributed by atoms with E-state index in [4.69, 9.17) is 0 Å². The second-order valence-electron chi connectivity index (χ2n) is 6.34. The summed E-state index contributed by atoms with van der Waals surface area (Å²) in [7, 11) is 0. The molecule has 1 aromatic heterocycles. The van der Waals surface area contributed by atoms with Crippen molar-refractivity contribution < 1.29 is 18.7 Å². The van der Waals surface area contributed by atoms with Crippen LogP contribution in [0.5, 0.6) is 0 Å². The number of aromatic nitrogens is 2. The maximum absolute atomic E-state index is 13.9. The lowest BCUT2D eigenvalue weighted by molar-refractivity contribution is 0.0494. The minimum Gasteiger partial charge on any atom is -0.383 e. The summed E-state index contributed by atoms with van der Waals surface area (Å²) in [4.78, 5) is 12.4. The molecule has 7 heteroatoms. The standard InChI is InChI=1S/C17H21F2N3O2/c1-9(2)15-14(10(3)21-22-15)16(23)20-8-17(4,24)12-6-5-11(18)7-13(12)19/h5-7,9,24H,8H2,1-4H3,(H,20,23)(H,21,22). The Bertz CT molecular complexity index is 754. The van der Waals surface area contributed by atoms with Gasteiger partial charge in [-0.05, 0) is 25.8 Å². The number of carbonyl (C=O) groups is 1. The average molecular weight is 337 g/mol. The molecule has 0 aliphatic heterocycles. The number of H-pyrrole nitrogens is 1. The van der Waals surface area contributed by atoms with E-state index in [1.54, 1.807) is 6.92 Å². The first-order valence-corrected chi connectivity index (χ1v) is 7.64. The van der Waals surface area contributed by atoms with Gasteiger partial charge in [0.1, 0.15) is 17.2 Å². The van der Waals surface area contributed by atoms with E-state index in [1.807, 2.05) is 13.8 Å². The van der Waals surface area contributed by atoms with Crippen LogP contribution in [0.4, 0.5) is 8.78 Å². The number of amides is 1. The maximum Gasteiger partial charge on any atom is 0.255 e. The predicted molar refractivity (Wildman–Crippen MR) is 85.7 cm³/mol. The van der Waals surface area contributed by atoms with Crippen molar-refractivity contribution in [3.05, 3.63) is 52.3 Å². The molecule has 0 spiro atoms. The van der Waals surface area contributed by atoms with Crippen LogP contribution in [0.1, 0.15) is 54.0 Å². The Balaban J connectivity index is 2.17. The predicted octanol–water partition coefficient (Wildman–Crippen LogP) is 2.76. The van der Waals surface area contributed by atoms with Crippen LogP contribution >= 0.6 is 0 Å². The Morgan fingerprint density at radius 2 is 2.08 bits per heavy atom. The second kappa shape index (κ2) is 6.68. The summed E-state index contributed by atoms with van der Waals surface area (Å²) >= 11 is 0. The molecule has 0 fully saturated rings. The quantitative estimate of drug-likeness (QED) is 0.785. The van der Waals surface area contributed by atoms with Crippen LogP contribution in [0, 0.1) is 18.6 Å². The van der Waals surface area contributed by atoms with Crippen LogP contribution in [-0.4, -0.2) is 27.8 Å². The summed E-state index contributed by atoms with van der Waals surface area (Å²) in [5.41, 5.74) is -0.109. The lowest BCUT2D eigenvalue weighted by Crippen LogP contribution is -2.39. The van der Waals surface area contributed by atoms with Crippen LogP contribution in [-0.2, 0) is 5.60 Å². The van der Waals surface area contributed by atoms with Crippen molar-refractivity contribution in [1.29, 1.82) is 0 Å². The molecule has 0 radical (unpaired) electrons. The van der Waals surface area contributed by atoms with E-state index in [0.29, 0.717) is 23.0 Å². The lowest BCUT2D eigenvalue weighted by Gasteiger charge is -2.25. The van der Waals surface area contributed by atoms with Gasteiger partial charge in [-0.25, -0.2) is 8.78 Å². The van der Waals surface area contributed by atoms with Crippen LogP contribution in [0.3, 0.4) is 0 Å². The highest BCUT2D eigenvalue weighted by Crippen LogP contribution is 2.24. The maximum atomic E-state index is 13.9. The number of benzene rings is 1. The van der Waals surface area contributed by atoms with Gasteiger partial charge in [0.25, 0.3) is 5.91 Å². The Morgan fingerprint density at radius 3 is 2.67 bits per heavy atom. The third-order valence-corrected chi connectivity index (χ3v) is 3.85. The molecule has 1 amide bonds. The van der Waals surface area contributed by atoms with Crippen molar-refractivity contribution in [1.82, 2.24) is 15.5 Å². The smallest absolute Gasteiger partial charge is 0.255 e. The van der Waals surface area contributed by atoms with Gasteiger partial charge in [0.2, 0.25) is 0 Å². The highest BCUT2D eigenvalue weighted by atomic mass is 19.1. The normalized spacial score (nSPS) is 13.8. The highest BCUT2D eigenvalue weighted by Gasteiger charge is 2.29. The zero-order valence-electron chi connectivity index (χ0n) is 14.1. The molecule has 24 heavy (non-hydrogen) atoms. The third-order valence-electron chi connectivity index (χ3n) is 3.85. The Morgan fingerprint density at radius 1 is 1.42 bits per heavy atom. The molecule has 1 unspecified atom stereocenters. The molecular weight excluding hydrogens is 316 g/mol. The second-order valence-corrected chi connectivity index (χ2v) is 6.34. The van der Waals surface area contributed by atoms with Gasteiger partial charge in [-0.1, -0.05) is 19.9 Å². The van der Waals surface area contributed by atoms with E-state index in [9.17, 15) is 18.7 Å². The fourth-order valence-electron chi connectivity index (χ4n) is 2.51. The number of aliphatic hydroxyl groups is 1. The molecule has 130 valence electrons. The molecule has 0 aliphatic rings. The summed E-state index contributed by atoms with van der Waals surface area (Å²) in [6, 6.07) is 2.92. The number of halogens is 2. The minimum atomic E-state index is -1.68. The molecule has 0 saturated carbocycles. The first kappa shape index (κ1) is 18.1. The van der Waals surface area contributed by atoms with Gasteiger partial charge in [-0.15, -0.1) is 0 Å². The van der Waals surface area contributed by atoms with Crippen molar-refractivity contribution in [2.24, 2.45) is 0 Å². The lowest BCUT2D eigenvalue weighted by atomic mass is 9.95. The topological polar surface area (TPSA) is 78.0 Å². The summed E-state index contributed by atoms with van der Waals surface area (Å²) in [6.45, 7) is 6.68.